The number of rotatable bonds is 7. The number of alkyl halides is 3. The van der Waals surface area contributed by atoms with Crippen LogP contribution in [0.1, 0.15) is 59.5 Å². The van der Waals surface area contributed by atoms with E-state index in [-0.39, 0.29) is 27.8 Å². The summed E-state index contributed by atoms with van der Waals surface area (Å²) in [6, 6.07) is 9.88. The number of nitrogens with zero attached hydrogens (tertiary/aromatic N) is 8. The smallest absolute Gasteiger partial charge is 0.320 e. The zero-order valence-electron chi connectivity index (χ0n) is 21.9. The summed E-state index contributed by atoms with van der Waals surface area (Å²) in [7, 11) is 0. The average molecular weight is 573 g/mol. The van der Waals surface area contributed by atoms with Crippen LogP contribution in [0.2, 0.25) is 5.02 Å². The van der Waals surface area contributed by atoms with Gasteiger partial charge in [-0.1, -0.05) is 11.6 Å². The van der Waals surface area contributed by atoms with Gasteiger partial charge in [-0.05, 0) is 79.6 Å². The maximum Gasteiger partial charge on any atom is 0.453 e. The van der Waals surface area contributed by atoms with E-state index < -0.39 is 24.5 Å². The number of anilines is 1. The molecule has 0 aliphatic rings. The van der Waals surface area contributed by atoms with E-state index in [1.54, 1.807) is 25.1 Å². The fraction of sp³-hybridized carbons (Fsp3) is 0.320. The summed E-state index contributed by atoms with van der Waals surface area (Å²) in [4.78, 5) is 17.9. The number of tetrazole rings is 1. The van der Waals surface area contributed by atoms with Gasteiger partial charge in [0.1, 0.15) is 5.69 Å². The molecule has 0 fully saturated rings. The second-order valence-electron chi connectivity index (χ2n) is 9.90. The van der Waals surface area contributed by atoms with Crippen LogP contribution in [0.5, 0.6) is 0 Å². The van der Waals surface area contributed by atoms with Crippen LogP contribution in [-0.4, -0.2) is 46.4 Å². The number of hydrogen-bond acceptors (Lipinski definition) is 8. The number of carbonyl (C=O) groups excluding carboxylic acids is 1. The van der Waals surface area contributed by atoms with Crippen LogP contribution < -0.4 is 10.6 Å². The first-order chi connectivity index (χ1) is 18.8. The predicted octanol–water partition coefficient (Wildman–Crippen LogP) is 4.29. The molecule has 0 saturated heterocycles. The highest BCUT2D eigenvalue weighted by Gasteiger charge is 2.38. The highest BCUT2D eigenvalue weighted by molar-refractivity contribution is 6.32. The molecule has 1 aromatic carbocycles. The molecule has 40 heavy (non-hydrogen) atoms. The summed E-state index contributed by atoms with van der Waals surface area (Å²) in [6.45, 7) is 7.58. The number of amides is 1. The first kappa shape index (κ1) is 28.7. The standard InChI is InChI=1S/C25H24ClF3N10O/c1-14-8-15(11-30)9-16(12-32-24(2,3)4)20(14)33-22(40)19-10-17(13-38-23(25(27,28)29)34-36-37-38)35-39(19)21-18(26)6-5-7-31-21/h5-10,32H,12-13H2,1-4H3,(H,33,40). The second-order valence-corrected chi connectivity index (χ2v) is 10.3. The number of nitriles is 1. The van der Waals surface area contributed by atoms with Gasteiger partial charge >= 0.3 is 6.18 Å². The molecular formula is C25H24ClF3N10O. The molecule has 4 rings (SSSR count). The van der Waals surface area contributed by atoms with Crippen LogP contribution >= 0.6 is 11.6 Å². The normalized spacial score (nSPS) is 11.9. The first-order valence-electron chi connectivity index (χ1n) is 11.9. The van der Waals surface area contributed by atoms with E-state index in [9.17, 15) is 23.2 Å². The van der Waals surface area contributed by atoms with E-state index in [1.807, 2.05) is 20.8 Å². The molecule has 1 amide bonds. The van der Waals surface area contributed by atoms with Crippen LogP contribution in [-0.2, 0) is 19.3 Å². The lowest BCUT2D eigenvalue weighted by atomic mass is 10.0. The Bertz CT molecular complexity index is 1600. The topological polar surface area (TPSA) is 139 Å². The highest BCUT2D eigenvalue weighted by Crippen LogP contribution is 2.28. The van der Waals surface area contributed by atoms with Gasteiger partial charge in [0, 0.05) is 24.0 Å². The largest absolute Gasteiger partial charge is 0.453 e. The molecule has 0 saturated carbocycles. The maximum absolute atomic E-state index is 13.7. The van der Waals surface area contributed by atoms with Gasteiger partial charge in [0.2, 0.25) is 0 Å². The monoisotopic (exact) mass is 572 g/mol. The number of halogens is 4. The minimum absolute atomic E-state index is 0.0456. The van der Waals surface area contributed by atoms with Crippen molar-refractivity contribution in [3.63, 3.8) is 0 Å². The number of nitrogens with one attached hydrogen (secondary N) is 2. The van der Waals surface area contributed by atoms with Crippen LogP contribution in [0.3, 0.4) is 0 Å². The van der Waals surface area contributed by atoms with Gasteiger partial charge in [0.25, 0.3) is 11.7 Å². The summed E-state index contributed by atoms with van der Waals surface area (Å²) < 4.78 is 41.6. The molecule has 0 spiro atoms. The Hall–Kier alpha value is -4.35. The van der Waals surface area contributed by atoms with Crippen molar-refractivity contribution >= 4 is 23.2 Å². The number of aromatic nitrogens is 7. The van der Waals surface area contributed by atoms with Gasteiger partial charge < -0.3 is 10.6 Å². The molecule has 0 radical (unpaired) electrons. The Morgan fingerprint density at radius 1 is 1.20 bits per heavy atom. The van der Waals surface area contributed by atoms with Gasteiger partial charge in [0.15, 0.2) is 5.82 Å². The van der Waals surface area contributed by atoms with Crippen molar-refractivity contribution in [3.8, 4) is 11.9 Å². The fourth-order valence-corrected chi connectivity index (χ4v) is 4.01. The second kappa shape index (κ2) is 11.0. The molecule has 3 aromatic heterocycles. The molecular weight excluding hydrogens is 549 g/mol. The number of hydrogen-bond donors (Lipinski definition) is 2. The Balaban J connectivity index is 1.75. The number of pyridine rings is 1. The van der Waals surface area contributed by atoms with Crippen LogP contribution in [0.25, 0.3) is 5.82 Å². The van der Waals surface area contributed by atoms with Gasteiger partial charge in [-0.3, -0.25) is 4.79 Å². The zero-order valence-corrected chi connectivity index (χ0v) is 22.6. The van der Waals surface area contributed by atoms with Crippen molar-refractivity contribution in [3.05, 3.63) is 75.5 Å². The van der Waals surface area contributed by atoms with E-state index in [2.05, 4.69) is 42.3 Å². The third-order valence-corrected chi connectivity index (χ3v) is 5.92. The Morgan fingerprint density at radius 2 is 1.95 bits per heavy atom. The molecule has 3 heterocycles. The molecule has 0 unspecified atom stereocenters. The summed E-state index contributed by atoms with van der Waals surface area (Å²) in [5, 5.41) is 29.7. The van der Waals surface area contributed by atoms with Crippen molar-refractivity contribution in [2.24, 2.45) is 0 Å². The van der Waals surface area contributed by atoms with E-state index >= 15 is 0 Å². The number of aryl methyl sites for hydroxylation is 1. The van der Waals surface area contributed by atoms with E-state index in [0.717, 1.165) is 4.68 Å². The van der Waals surface area contributed by atoms with E-state index in [0.29, 0.717) is 33.6 Å². The van der Waals surface area contributed by atoms with Crippen LogP contribution in [0.15, 0.2) is 36.5 Å². The average Bonchev–Trinajstić information content (AvgIpc) is 3.51. The molecule has 0 aliphatic heterocycles. The lowest BCUT2D eigenvalue weighted by Crippen LogP contribution is -2.35. The Kier molecular flexibility index (Phi) is 7.90. The molecule has 0 atom stereocenters. The lowest BCUT2D eigenvalue weighted by molar-refractivity contribution is -0.147. The van der Waals surface area contributed by atoms with Crippen molar-refractivity contribution in [1.82, 2.24) is 40.3 Å². The molecule has 0 bridgehead atoms. The van der Waals surface area contributed by atoms with Crippen molar-refractivity contribution in [1.29, 1.82) is 5.26 Å². The first-order valence-corrected chi connectivity index (χ1v) is 12.3. The number of carbonyl (C=O) groups is 1. The van der Waals surface area contributed by atoms with Gasteiger partial charge in [-0.15, -0.1) is 5.10 Å². The Morgan fingerprint density at radius 3 is 2.60 bits per heavy atom. The van der Waals surface area contributed by atoms with Gasteiger partial charge in [-0.2, -0.15) is 23.5 Å². The Labute approximate surface area is 232 Å². The molecule has 15 heteroatoms. The quantitative estimate of drug-likeness (QED) is 0.334. The molecule has 11 nitrogen and oxygen atoms in total. The third-order valence-electron chi connectivity index (χ3n) is 5.62. The fourth-order valence-electron chi connectivity index (χ4n) is 3.81. The SMILES string of the molecule is Cc1cc(C#N)cc(CNC(C)(C)C)c1NC(=O)c1cc(Cn2nnnc2C(F)(F)F)nn1-c1ncccc1Cl. The number of benzene rings is 1. The summed E-state index contributed by atoms with van der Waals surface area (Å²) >= 11 is 6.32. The van der Waals surface area contributed by atoms with Crippen molar-refractivity contribution in [2.45, 2.75) is 52.5 Å². The molecule has 0 aliphatic carbocycles. The van der Waals surface area contributed by atoms with Crippen molar-refractivity contribution in [2.75, 3.05) is 5.32 Å². The van der Waals surface area contributed by atoms with Gasteiger partial charge in [-0.25, -0.2) is 14.3 Å². The molecule has 4 aromatic rings. The van der Waals surface area contributed by atoms with Crippen LogP contribution in [0.4, 0.5) is 18.9 Å². The predicted molar refractivity (Wildman–Crippen MR) is 139 cm³/mol. The summed E-state index contributed by atoms with van der Waals surface area (Å²) in [6.07, 6.45) is -3.35. The highest BCUT2D eigenvalue weighted by atomic mass is 35.5. The van der Waals surface area contributed by atoms with Crippen molar-refractivity contribution < 1.29 is 18.0 Å². The minimum Gasteiger partial charge on any atom is -0.320 e. The zero-order chi connectivity index (χ0) is 29.2. The van der Waals surface area contributed by atoms with E-state index in [4.69, 9.17) is 11.6 Å². The summed E-state index contributed by atoms with van der Waals surface area (Å²) in [5.74, 6) is -1.84. The third kappa shape index (κ3) is 6.44. The van der Waals surface area contributed by atoms with Gasteiger partial charge in [0.05, 0.1) is 28.9 Å². The summed E-state index contributed by atoms with van der Waals surface area (Å²) in [5.41, 5.74) is 1.98. The van der Waals surface area contributed by atoms with E-state index in [1.165, 1.54) is 18.3 Å². The molecule has 208 valence electrons. The molecule has 2 N–H and O–H groups in total. The maximum atomic E-state index is 13.7. The van der Waals surface area contributed by atoms with Crippen LogP contribution in [0, 0.1) is 18.3 Å². The lowest BCUT2D eigenvalue weighted by Gasteiger charge is -2.23. The minimum atomic E-state index is -4.79.